The molecule has 14 heavy (non-hydrogen) atoms. The summed E-state index contributed by atoms with van der Waals surface area (Å²) >= 11 is 0. The lowest BCUT2D eigenvalue weighted by Gasteiger charge is -2.26. The SMILES string of the molecule is CC(O)(CC(F)(F)C(F)(F)F)C(=O)O. The molecule has 0 aromatic rings. The number of alkyl halides is 5. The fourth-order valence-corrected chi connectivity index (χ4v) is 0.608. The van der Waals surface area contributed by atoms with Crippen LogP contribution in [0.3, 0.4) is 0 Å². The van der Waals surface area contributed by atoms with Crippen molar-refractivity contribution in [1.82, 2.24) is 0 Å². The molecule has 0 bridgehead atoms. The van der Waals surface area contributed by atoms with Crippen molar-refractivity contribution in [3.8, 4) is 0 Å². The molecular weight excluding hydrogens is 215 g/mol. The smallest absolute Gasteiger partial charge is 0.453 e. The van der Waals surface area contributed by atoms with Crippen LogP contribution in [0.15, 0.2) is 0 Å². The maximum Gasteiger partial charge on any atom is 0.453 e. The maximum absolute atomic E-state index is 12.2. The minimum absolute atomic E-state index is 0.370. The Bertz CT molecular complexity index is 232. The van der Waals surface area contributed by atoms with Crippen LogP contribution in [0.1, 0.15) is 13.3 Å². The van der Waals surface area contributed by atoms with Gasteiger partial charge in [-0.1, -0.05) is 0 Å². The monoisotopic (exact) mass is 222 g/mol. The van der Waals surface area contributed by atoms with Crippen molar-refractivity contribution in [2.24, 2.45) is 0 Å². The van der Waals surface area contributed by atoms with Gasteiger partial charge in [0.2, 0.25) is 0 Å². The first kappa shape index (κ1) is 13.1. The van der Waals surface area contributed by atoms with Gasteiger partial charge in [0.1, 0.15) is 0 Å². The highest BCUT2D eigenvalue weighted by Gasteiger charge is 2.61. The lowest BCUT2D eigenvalue weighted by atomic mass is 9.98. The Balaban J connectivity index is 4.76. The van der Waals surface area contributed by atoms with Gasteiger partial charge in [0, 0.05) is 0 Å². The molecule has 0 radical (unpaired) electrons. The summed E-state index contributed by atoms with van der Waals surface area (Å²) in [6, 6.07) is 0. The van der Waals surface area contributed by atoms with Gasteiger partial charge in [0.25, 0.3) is 0 Å². The van der Waals surface area contributed by atoms with Crippen molar-refractivity contribution in [1.29, 1.82) is 0 Å². The largest absolute Gasteiger partial charge is 0.479 e. The number of hydrogen-bond acceptors (Lipinski definition) is 2. The first-order valence-corrected chi connectivity index (χ1v) is 3.30. The molecule has 0 aliphatic carbocycles. The van der Waals surface area contributed by atoms with E-state index in [1.807, 2.05) is 0 Å². The van der Waals surface area contributed by atoms with E-state index in [-0.39, 0.29) is 0 Å². The third-order valence-electron chi connectivity index (χ3n) is 1.44. The molecule has 0 aliphatic heterocycles. The van der Waals surface area contributed by atoms with Crippen LogP contribution in [0, 0.1) is 0 Å². The highest BCUT2D eigenvalue weighted by Crippen LogP contribution is 2.40. The van der Waals surface area contributed by atoms with Crippen LogP contribution in [0.5, 0.6) is 0 Å². The van der Waals surface area contributed by atoms with Gasteiger partial charge in [-0.3, -0.25) is 0 Å². The molecule has 0 heterocycles. The van der Waals surface area contributed by atoms with E-state index < -0.39 is 30.1 Å². The lowest BCUT2D eigenvalue weighted by Crippen LogP contribution is -2.47. The van der Waals surface area contributed by atoms with Crippen LogP contribution >= 0.6 is 0 Å². The second-order valence-electron chi connectivity index (χ2n) is 2.96. The predicted octanol–water partition coefficient (Wildman–Crippen LogP) is 1.41. The number of aliphatic hydroxyl groups is 1. The van der Waals surface area contributed by atoms with Crippen LogP contribution < -0.4 is 0 Å². The van der Waals surface area contributed by atoms with E-state index in [0.717, 1.165) is 0 Å². The number of aliphatic carboxylic acids is 1. The molecule has 0 rings (SSSR count). The Labute approximate surface area is 75.1 Å². The van der Waals surface area contributed by atoms with Gasteiger partial charge in [-0.15, -0.1) is 0 Å². The molecule has 0 aromatic carbocycles. The summed E-state index contributed by atoms with van der Waals surface area (Å²) in [5, 5.41) is 16.8. The third-order valence-corrected chi connectivity index (χ3v) is 1.44. The zero-order chi connectivity index (χ0) is 11.8. The van der Waals surface area contributed by atoms with Crippen LogP contribution in [0.4, 0.5) is 22.0 Å². The Morgan fingerprint density at radius 2 is 1.57 bits per heavy atom. The van der Waals surface area contributed by atoms with E-state index in [4.69, 9.17) is 10.2 Å². The Kier molecular flexibility index (Phi) is 3.12. The summed E-state index contributed by atoms with van der Waals surface area (Å²) in [5.74, 6) is -7.36. The van der Waals surface area contributed by atoms with Crippen molar-refractivity contribution >= 4 is 5.97 Å². The molecule has 8 heteroatoms. The van der Waals surface area contributed by atoms with Gasteiger partial charge < -0.3 is 10.2 Å². The Hall–Kier alpha value is -0.920. The number of hydrogen-bond donors (Lipinski definition) is 2. The summed E-state index contributed by atoms with van der Waals surface area (Å²) in [6.07, 6.45) is -8.08. The highest BCUT2D eigenvalue weighted by atomic mass is 19.4. The summed E-state index contributed by atoms with van der Waals surface area (Å²) in [5.41, 5.74) is -3.11. The fourth-order valence-electron chi connectivity index (χ4n) is 0.608. The third kappa shape index (κ3) is 2.79. The zero-order valence-corrected chi connectivity index (χ0v) is 6.90. The first-order valence-electron chi connectivity index (χ1n) is 3.30. The Morgan fingerprint density at radius 1 is 1.21 bits per heavy atom. The van der Waals surface area contributed by atoms with E-state index in [9.17, 15) is 26.7 Å². The molecule has 0 fully saturated rings. The standard InChI is InChI=1S/C6H7F5O3/c1-4(14,3(12)13)2-5(7,8)6(9,10)11/h14H,2H2,1H3,(H,12,13). The molecule has 0 saturated heterocycles. The molecular formula is C6H7F5O3. The Morgan fingerprint density at radius 3 is 1.79 bits per heavy atom. The van der Waals surface area contributed by atoms with Crippen molar-refractivity contribution in [2.75, 3.05) is 0 Å². The van der Waals surface area contributed by atoms with E-state index in [0.29, 0.717) is 6.92 Å². The lowest BCUT2D eigenvalue weighted by molar-refractivity contribution is -0.295. The first-order chi connectivity index (χ1) is 5.90. The normalized spacial score (nSPS) is 17.6. The van der Waals surface area contributed by atoms with Gasteiger partial charge in [-0.05, 0) is 6.92 Å². The van der Waals surface area contributed by atoms with Crippen LogP contribution in [0.25, 0.3) is 0 Å². The van der Waals surface area contributed by atoms with Crippen LogP contribution in [0.2, 0.25) is 0 Å². The molecule has 2 N–H and O–H groups in total. The molecule has 0 aliphatic rings. The molecule has 3 nitrogen and oxygen atoms in total. The van der Waals surface area contributed by atoms with E-state index in [2.05, 4.69) is 0 Å². The fraction of sp³-hybridized carbons (Fsp3) is 0.833. The van der Waals surface area contributed by atoms with Crippen LogP contribution in [-0.4, -0.2) is 33.9 Å². The van der Waals surface area contributed by atoms with Gasteiger partial charge >= 0.3 is 18.1 Å². The summed E-state index contributed by atoms with van der Waals surface area (Å²) in [7, 11) is 0. The van der Waals surface area contributed by atoms with Crippen LogP contribution in [-0.2, 0) is 4.79 Å². The molecule has 0 spiro atoms. The van der Waals surface area contributed by atoms with E-state index in [1.54, 1.807) is 0 Å². The molecule has 1 unspecified atom stereocenters. The van der Waals surface area contributed by atoms with Crippen molar-refractivity contribution in [3.05, 3.63) is 0 Å². The number of rotatable bonds is 3. The quantitative estimate of drug-likeness (QED) is 0.710. The second kappa shape index (κ2) is 3.34. The van der Waals surface area contributed by atoms with Crippen molar-refractivity contribution in [3.63, 3.8) is 0 Å². The summed E-state index contributed by atoms with van der Waals surface area (Å²) in [4.78, 5) is 10.1. The van der Waals surface area contributed by atoms with E-state index >= 15 is 0 Å². The van der Waals surface area contributed by atoms with E-state index in [1.165, 1.54) is 0 Å². The number of halogens is 5. The number of carboxylic acids is 1. The van der Waals surface area contributed by atoms with Crippen molar-refractivity contribution in [2.45, 2.75) is 31.0 Å². The number of carboxylic acid groups (broad SMARTS) is 1. The van der Waals surface area contributed by atoms with Gasteiger partial charge in [0.05, 0.1) is 6.42 Å². The summed E-state index contributed by atoms with van der Waals surface area (Å²) < 4.78 is 59.2. The average Bonchev–Trinajstić information content (AvgIpc) is 1.80. The zero-order valence-electron chi connectivity index (χ0n) is 6.90. The average molecular weight is 222 g/mol. The van der Waals surface area contributed by atoms with Crippen molar-refractivity contribution < 1.29 is 37.0 Å². The molecule has 0 aromatic heterocycles. The molecule has 84 valence electrons. The minimum atomic E-state index is -5.87. The number of carbonyl (C=O) groups is 1. The minimum Gasteiger partial charge on any atom is -0.479 e. The highest BCUT2D eigenvalue weighted by molar-refractivity contribution is 5.76. The second-order valence-corrected chi connectivity index (χ2v) is 2.96. The molecule has 0 saturated carbocycles. The predicted molar refractivity (Wildman–Crippen MR) is 33.9 cm³/mol. The maximum atomic E-state index is 12.2. The van der Waals surface area contributed by atoms with Gasteiger partial charge in [-0.25, -0.2) is 4.79 Å². The molecule has 0 amide bonds. The topological polar surface area (TPSA) is 57.5 Å². The van der Waals surface area contributed by atoms with Gasteiger partial charge in [0.15, 0.2) is 5.60 Å². The van der Waals surface area contributed by atoms with Gasteiger partial charge in [-0.2, -0.15) is 22.0 Å². The summed E-state index contributed by atoms with van der Waals surface area (Å²) in [6.45, 7) is 0.370. The molecule has 1 atom stereocenters.